The lowest BCUT2D eigenvalue weighted by Gasteiger charge is -2.05. The predicted molar refractivity (Wildman–Crippen MR) is 71.8 cm³/mol. The van der Waals surface area contributed by atoms with Gasteiger partial charge in [0.2, 0.25) is 0 Å². The van der Waals surface area contributed by atoms with Gasteiger partial charge in [0.1, 0.15) is 11.6 Å². The third-order valence-electron chi connectivity index (χ3n) is 2.75. The minimum absolute atomic E-state index is 0.332. The molecule has 0 radical (unpaired) electrons. The number of halogens is 1. The lowest BCUT2D eigenvalue weighted by Crippen LogP contribution is -2.08. The summed E-state index contributed by atoms with van der Waals surface area (Å²) in [5.41, 5.74) is 1.54. The fraction of sp³-hybridized carbons (Fsp3) is 0.188. The molecule has 0 aliphatic rings. The zero-order chi connectivity index (χ0) is 13.7. The second kappa shape index (κ2) is 6.14. The van der Waals surface area contributed by atoms with Crippen molar-refractivity contribution < 1.29 is 13.9 Å². The SMILES string of the molecule is CCCc1ccc(OC(=O)c2ccc(F)cc2)cc1. The zero-order valence-corrected chi connectivity index (χ0v) is 10.7. The van der Waals surface area contributed by atoms with Gasteiger partial charge in [-0.05, 0) is 48.4 Å². The van der Waals surface area contributed by atoms with E-state index in [1.807, 2.05) is 12.1 Å². The maximum atomic E-state index is 12.7. The number of hydrogen-bond donors (Lipinski definition) is 0. The second-order valence-corrected chi connectivity index (χ2v) is 4.29. The van der Waals surface area contributed by atoms with Crippen LogP contribution in [0.2, 0.25) is 0 Å². The maximum Gasteiger partial charge on any atom is 0.343 e. The largest absolute Gasteiger partial charge is 0.423 e. The molecule has 0 spiro atoms. The van der Waals surface area contributed by atoms with Crippen LogP contribution in [-0.4, -0.2) is 5.97 Å². The van der Waals surface area contributed by atoms with Gasteiger partial charge in [-0.25, -0.2) is 9.18 Å². The number of carbonyl (C=O) groups is 1. The minimum Gasteiger partial charge on any atom is -0.423 e. The van der Waals surface area contributed by atoms with Gasteiger partial charge in [0.05, 0.1) is 5.56 Å². The van der Waals surface area contributed by atoms with E-state index in [0.717, 1.165) is 12.8 Å². The van der Waals surface area contributed by atoms with Crippen molar-refractivity contribution >= 4 is 5.97 Å². The summed E-state index contributed by atoms with van der Waals surface area (Å²) in [6, 6.07) is 12.7. The van der Waals surface area contributed by atoms with Crippen molar-refractivity contribution in [2.75, 3.05) is 0 Å². The van der Waals surface area contributed by atoms with Crippen molar-refractivity contribution in [1.29, 1.82) is 0 Å². The Balaban J connectivity index is 2.04. The van der Waals surface area contributed by atoms with Crippen molar-refractivity contribution in [3.8, 4) is 5.75 Å². The molecule has 0 saturated carbocycles. The summed E-state index contributed by atoms with van der Waals surface area (Å²) < 4.78 is 18.0. The van der Waals surface area contributed by atoms with E-state index in [0.29, 0.717) is 11.3 Å². The van der Waals surface area contributed by atoms with Crippen LogP contribution in [0.25, 0.3) is 0 Å². The van der Waals surface area contributed by atoms with Crippen molar-refractivity contribution in [2.24, 2.45) is 0 Å². The molecule has 19 heavy (non-hydrogen) atoms. The molecule has 0 aromatic heterocycles. The molecular weight excluding hydrogens is 243 g/mol. The van der Waals surface area contributed by atoms with Crippen LogP contribution in [0, 0.1) is 5.82 Å². The standard InChI is InChI=1S/C16H15FO2/c1-2-3-12-4-10-15(11-5-12)19-16(18)13-6-8-14(17)9-7-13/h4-11H,2-3H2,1H3. The van der Waals surface area contributed by atoms with E-state index in [2.05, 4.69) is 6.92 Å². The van der Waals surface area contributed by atoms with Crippen molar-refractivity contribution in [1.82, 2.24) is 0 Å². The number of hydrogen-bond acceptors (Lipinski definition) is 2. The molecule has 0 saturated heterocycles. The highest BCUT2D eigenvalue weighted by Crippen LogP contribution is 2.15. The predicted octanol–water partition coefficient (Wildman–Crippen LogP) is 4.00. The van der Waals surface area contributed by atoms with Gasteiger partial charge in [0.15, 0.2) is 0 Å². The molecule has 3 heteroatoms. The molecule has 98 valence electrons. The number of ether oxygens (including phenoxy) is 1. The summed E-state index contributed by atoms with van der Waals surface area (Å²) in [5, 5.41) is 0. The Bertz CT molecular complexity index is 544. The lowest BCUT2D eigenvalue weighted by atomic mass is 10.1. The van der Waals surface area contributed by atoms with E-state index in [4.69, 9.17) is 4.74 Å². The van der Waals surface area contributed by atoms with Crippen LogP contribution < -0.4 is 4.74 Å². The van der Waals surface area contributed by atoms with E-state index in [1.54, 1.807) is 12.1 Å². The molecule has 2 nitrogen and oxygen atoms in total. The van der Waals surface area contributed by atoms with Crippen LogP contribution in [0.5, 0.6) is 5.75 Å². The van der Waals surface area contributed by atoms with Gasteiger partial charge in [0.25, 0.3) is 0 Å². The lowest BCUT2D eigenvalue weighted by molar-refractivity contribution is 0.0734. The van der Waals surface area contributed by atoms with Crippen molar-refractivity contribution in [3.05, 3.63) is 65.5 Å². The van der Waals surface area contributed by atoms with Gasteiger partial charge in [-0.3, -0.25) is 0 Å². The highest BCUT2D eigenvalue weighted by Gasteiger charge is 2.08. The van der Waals surface area contributed by atoms with E-state index < -0.39 is 5.97 Å². The smallest absolute Gasteiger partial charge is 0.343 e. The molecular formula is C16H15FO2. The third kappa shape index (κ3) is 3.65. The summed E-state index contributed by atoms with van der Waals surface area (Å²) in [6.07, 6.45) is 2.08. The molecule has 0 bridgehead atoms. The topological polar surface area (TPSA) is 26.3 Å². The van der Waals surface area contributed by atoms with Crippen LogP contribution in [-0.2, 0) is 6.42 Å². The highest BCUT2D eigenvalue weighted by molar-refractivity contribution is 5.90. The number of esters is 1. The Hall–Kier alpha value is -2.16. The van der Waals surface area contributed by atoms with E-state index in [-0.39, 0.29) is 5.82 Å². The number of rotatable bonds is 4. The van der Waals surface area contributed by atoms with Gasteiger partial charge < -0.3 is 4.74 Å². The molecule has 0 fully saturated rings. The van der Waals surface area contributed by atoms with Gasteiger partial charge in [0, 0.05) is 0 Å². The molecule has 0 aliphatic heterocycles. The fourth-order valence-corrected chi connectivity index (χ4v) is 1.76. The van der Waals surface area contributed by atoms with Gasteiger partial charge in [-0.1, -0.05) is 25.5 Å². The first-order valence-electron chi connectivity index (χ1n) is 6.25. The molecule has 0 unspecified atom stereocenters. The van der Waals surface area contributed by atoms with Crippen molar-refractivity contribution in [2.45, 2.75) is 19.8 Å². The second-order valence-electron chi connectivity index (χ2n) is 4.29. The summed E-state index contributed by atoms with van der Waals surface area (Å²) in [4.78, 5) is 11.8. The van der Waals surface area contributed by atoms with E-state index >= 15 is 0 Å². The number of aryl methyl sites for hydroxylation is 1. The Morgan fingerprint density at radius 1 is 1.05 bits per heavy atom. The van der Waals surface area contributed by atoms with Crippen LogP contribution >= 0.6 is 0 Å². The average Bonchev–Trinajstić information content (AvgIpc) is 2.42. The van der Waals surface area contributed by atoms with E-state index in [9.17, 15) is 9.18 Å². The first kappa shape index (κ1) is 13.3. The molecule has 2 aromatic carbocycles. The molecule has 0 atom stereocenters. The summed E-state index contributed by atoms with van der Waals surface area (Å²) in [7, 11) is 0. The molecule has 0 aliphatic carbocycles. The average molecular weight is 258 g/mol. The molecule has 0 heterocycles. The summed E-state index contributed by atoms with van der Waals surface area (Å²) in [6.45, 7) is 2.11. The first-order valence-corrected chi connectivity index (χ1v) is 6.25. The van der Waals surface area contributed by atoms with Crippen LogP contribution in [0.3, 0.4) is 0 Å². The van der Waals surface area contributed by atoms with Gasteiger partial charge in [-0.2, -0.15) is 0 Å². The Kier molecular flexibility index (Phi) is 4.29. The maximum absolute atomic E-state index is 12.7. The minimum atomic E-state index is -0.483. The normalized spacial score (nSPS) is 10.2. The molecule has 2 aromatic rings. The van der Waals surface area contributed by atoms with Crippen LogP contribution in [0.1, 0.15) is 29.3 Å². The van der Waals surface area contributed by atoms with Crippen LogP contribution in [0.15, 0.2) is 48.5 Å². The number of benzene rings is 2. The first-order chi connectivity index (χ1) is 9.19. The molecule has 0 N–H and O–H groups in total. The summed E-state index contributed by atoms with van der Waals surface area (Å²) in [5.74, 6) is -0.363. The summed E-state index contributed by atoms with van der Waals surface area (Å²) >= 11 is 0. The highest BCUT2D eigenvalue weighted by atomic mass is 19.1. The van der Waals surface area contributed by atoms with Crippen molar-refractivity contribution in [3.63, 3.8) is 0 Å². The monoisotopic (exact) mass is 258 g/mol. The Morgan fingerprint density at radius 3 is 2.26 bits per heavy atom. The fourth-order valence-electron chi connectivity index (χ4n) is 1.76. The van der Waals surface area contributed by atoms with E-state index in [1.165, 1.54) is 29.8 Å². The Morgan fingerprint density at radius 2 is 1.68 bits per heavy atom. The third-order valence-corrected chi connectivity index (χ3v) is 2.75. The number of carbonyl (C=O) groups excluding carboxylic acids is 1. The van der Waals surface area contributed by atoms with Crippen LogP contribution in [0.4, 0.5) is 4.39 Å². The zero-order valence-electron chi connectivity index (χ0n) is 10.7. The van der Waals surface area contributed by atoms with Gasteiger partial charge >= 0.3 is 5.97 Å². The Labute approximate surface area is 111 Å². The molecule has 0 amide bonds. The molecule has 2 rings (SSSR count). The van der Waals surface area contributed by atoms with Gasteiger partial charge in [-0.15, -0.1) is 0 Å². The quantitative estimate of drug-likeness (QED) is 0.612.